The summed E-state index contributed by atoms with van der Waals surface area (Å²) < 4.78 is 5.87. The van der Waals surface area contributed by atoms with Crippen molar-refractivity contribution >= 4 is 51.3 Å². The van der Waals surface area contributed by atoms with Crippen LogP contribution >= 0.6 is 23.4 Å². The molecule has 7 heteroatoms. The van der Waals surface area contributed by atoms with Crippen LogP contribution < -0.4 is 5.32 Å². The highest BCUT2D eigenvalue weighted by molar-refractivity contribution is 8.00. The zero-order valence-electron chi connectivity index (χ0n) is 13.6. The van der Waals surface area contributed by atoms with Crippen LogP contribution in [0.5, 0.6) is 0 Å². The molecule has 4 rings (SSSR count). The van der Waals surface area contributed by atoms with Crippen LogP contribution in [0.1, 0.15) is 5.56 Å². The molecule has 4 aromatic rings. The summed E-state index contributed by atoms with van der Waals surface area (Å²) in [6.07, 6.45) is 1.49. The molecule has 130 valence electrons. The average molecular weight is 384 g/mol. The maximum Gasteiger partial charge on any atom is 0.230 e. The fourth-order valence-electron chi connectivity index (χ4n) is 2.63. The number of amides is 1. The van der Waals surface area contributed by atoms with E-state index in [9.17, 15) is 4.79 Å². The van der Waals surface area contributed by atoms with E-state index in [4.69, 9.17) is 16.0 Å². The van der Waals surface area contributed by atoms with Crippen LogP contribution in [-0.4, -0.2) is 21.6 Å². The summed E-state index contributed by atoms with van der Waals surface area (Å²) in [5.41, 5.74) is 3.01. The molecule has 26 heavy (non-hydrogen) atoms. The number of hydrogen-bond acceptors (Lipinski definition) is 5. The molecule has 0 aliphatic carbocycles. The van der Waals surface area contributed by atoms with Gasteiger partial charge in [0.1, 0.15) is 22.5 Å². The molecule has 0 aliphatic rings. The Morgan fingerprint density at radius 3 is 2.81 bits per heavy atom. The predicted octanol–water partition coefficient (Wildman–Crippen LogP) is 4.44. The Morgan fingerprint density at radius 1 is 1.12 bits per heavy atom. The van der Waals surface area contributed by atoms with Crippen LogP contribution in [0.25, 0.3) is 22.1 Å². The molecule has 0 radical (unpaired) electrons. The lowest BCUT2D eigenvalue weighted by Crippen LogP contribution is -2.24. The first-order chi connectivity index (χ1) is 12.7. The van der Waals surface area contributed by atoms with E-state index in [0.29, 0.717) is 22.2 Å². The highest BCUT2D eigenvalue weighted by atomic mass is 35.5. The second-order valence-corrected chi connectivity index (χ2v) is 6.98. The third kappa shape index (κ3) is 3.38. The summed E-state index contributed by atoms with van der Waals surface area (Å²) >= 11 is 7.42. The minimum atomic E-state index is -0.0993. The fraction of sp³-hybridized carbons (Fsp3) is 0.105. The van der Waals surface area contributed by atoms with E-state index in [2.05, 4.69) is 15.3 Å². The molecule has 0 unspecified atom stereocenters. The van der Waals surface area contributed by atoms with Crippen LogP contribution in [0.3, 0.4) is 0 Å². The number of carbonyl (C=O) groups excluding carboxylic acids is 1. The molecule has 0 spiro atoms. The van der Waals surface area contributed by atoms with Crippen LogP contribution in [-0.2, 0) is 11.3 Å². The number of rotatable bonds is 5. The number of benzene rings is 2. The van der Waals surface area contributed by atoms with Crippen molar-refractivity contribution in [3.8, 4) is 0 Å². The van der Waals surface area contributed by atoms with E-state index in [1.54, 1.807) is 6.07 Å². The predicted molar refractivity (Wildman–Crippen MR) is 103 cm³/mol. The number of carbonyl (C=O) groups is 1. The van der Waals surface area contributed by atoms with Crippen molar-refractivity contribution in [3.63, 3.8) is 0 Å². The molecular weight excluding hydrogens is 370 g/mol. The van der Waals surface area contributed by atoms with Gasteiger partial charge in [-0.2, -0.15) is 0 Å². The maximum absolute atomic E-state index is 12.2. The molecule has 2 aromatic carbocycles. The SMILES string of the molecule is O=C(CSc1ncnc2c1oc1ccccc12)NCc1ccccc1Cl. The van der Waals surface area contributed by atoms with Gasteiger partial charge in [-0.1, -0.05) is 53.7 Å². The Labute approximate surface area is 158 Å². The van der Waals surface area contributed by atoms with Gasteiger partial charge in [0, 0.05) is 17.0 Å². The van der Waals surface area contributed by atoms with Crippen molar-refractivity contribution < 1.29 is 9.21 Å². The van der Waals surface area contributed by atoms with Gasteiger partial charge in [-0.05, 0) is 23.8 Å². The second-order valence-electron chi connectivity index (χ2n) is 5.61. The number of aromatic nitrogens is 2. The zero-order valence-corrected chi connectivity index (χ0v) is 15.2. The van der Waals surface area contributed by atoms with Crippen LogP contribution in [0.15, 0.2) is 64.3 Å². The van der Waals surface area contributed by atoms with Gasteiger partial charge in [0.2, 0.25) is 5.91 Å². The van der Waals surface area contributed by atoms with Crippen molar-refractivity contribution in [3.05, 3.63) is 65.4 Å². The minimum absolute atomic E-state index is 0.0993. The van der Waals surface area contributed by atoms with Crippen molar-refractivity contribution in [1.29, 1.82) is 0 Å². The van der Waals surface area contributed by atoms with E-state index in [-0.39, 0.29) is 11.7 Å². The number of hydrogen-bond donors (Lipinski definition) is 1. The molecule has 2 aromatic heterocycles. The highest BCUT2D eigenvalue weighted by Crippen LogP contribution is 2.32. The fourth-order valence-corrected chi connectivity index (χ4v) is 3.59. The standard InChI is InChI=1S/C19H14ClN3O2S/c20-14-7-3-1-5-12(14)9-21-16(24)10-26-19-18-17(22-11-23-19)13-6-2-4-8-15(13)25-18/h1-8,11H,9-10H2,(H,21,24). The van der Waals surface area contributed by atoms with Gasteiger partial charge >= 0.3 is 0 Å². The van der Waals surface area contributed by atoms with E-state index < -0.39 is 0 Å². The van der Waals surface area contributed by atoms with Crippen molar-refractivity contribution in [2.24, 2.45) is 0 Å². The van der Waals surface area contributed by atoms with Crippen molar-refractivity contribution in [2.75, 3.05) is 5.75 Å². The lowest BCUT2D eigenvalue weighted by atomic mass is 10.2. The first-order valence-corrected chi connectivity index (χ1v) is 9.34. The number of halogens is 1. The van der Waals surface area contributed by atoms with E-state index in [1.807, 2.05) is 42.5 Å². The van der Waals surface area contributed by atoms with Crippen molar-refractivity contribution in [2.45, 2.75) is 11.6 Å². The van der Waals surface area contributed by atoms with E-state index >= 15 is 0 Å². The molecule has 0 bridgehead atoms. The van der Waals surface area contributed by atoms with Gasteiger partial charge in [-0.25, -0.2) is 9.97 Å². The first-order valence-electron chi connectivity index (χ1n) is 7.97. The molecule has 1 N–H and O–H groups in total. The number of thioether (sulfide) groups is 1. The first kappa shape index (κ1) is 16.9. The monoisotopic (exact) mass is 383 g/mol. The lowest BCUT2D eigenvalue weighted by molar-refractivity contribution is -0.118. The molecule has 0 atom stereocenters. The zero-order chi connectivity index (χ0) is 17.9. The van der Waals surface area contributed by atoms with Gasteiger partial charge in [0.05, 0.1) is 5.75 Å². The quantitative estimate of drug-likeness (QED) is 0.407. The summed E-state index contributed by atoms with van der Waals surface area (Å²) in [5.74, 6) is 0.131. The van der Waals surface area contributed by atoms with Gasteiger partial charge in [0.25, 0.3) is 0 Å². The van der Waals surface area contributed by atoms with Gasteiger partial charge in [-0.3, -0.25) is 4.79 Å². The topological polar surface area (TPSA) is 68.0 Å². The molecule has 5 nitrogen and oxygen atoms in total. The minimum Gasteiger partial charge on any atom is -0.451 e. The third-order valence-electron chi connectivity index (χ3n) is 3.90. The maximum atomic E-state index is 12.2. The molecule has 0 aliphatic heterocycles. The van der Waals surface area contributed by atoms with Gasteiger partial charge in [0.15, 0.2) is 5.58 Å². The molecule has 2 heterocycles. The number of para-hydroxylation sites is 1. The molecule has 1 amide bonds. The Kier molecular flexibility index (Phi) is 4.77. The van der Waals surface area contributed by atoms with Crippen molar-refractivity contribution in [1.82, 2.24) is 15.3 Å². The Balaban J connectivity index is 1.46. The highest BCUT2D eigenvalue weighted by Gasteiger charge is 2.14. The lowest BCUT2D eigenvalue weighted by Gasteiger charge is -2.06. The summed E-state index contributed by atoms with van der Waals surface area (Å²) in [6.45, 7) is 0.392. The Bertz CT molecular complexity index is 1100. The van der Waals surface area contributed by atoms with Gasteiger partial charge in [-0.15, -0.1) is 0 Å². The molecule has 0 saturated carbocycles. The summed E-state index contributed by atoms with van der Waals surface area (Å²) in [4.78, 5) is 20.7. The molecule has 0 saturated heterocycles. The van der Waals surface area contributed by atoms with Crippen LogP contribution in [0.4, 0.5) is 0 Å². The van der Waals surface area contributed by atoms with E-state index in [1.165, 1.54) is 18.1 Å². The number of furan rings is 1. The number of nitrogens with one attached hydrogen (secondary N) is 1. The third-order valence-corrected chi connectivity index (χ3v) is 5.24. The van der Waals surface area contributed by atoms with E-state index in [0.717, 1.165) is 22.0 Å². The Hall–Kier alpha value is -2.57. The normalized spacial score (nSPS) is 11.1. The Morgan fingerprint density at radius 2 is 1.92 bits per heavy atom. The van der Waals surface area contributed by atoms with Gasteiger partial charge < -0.3 is 9.73 Å². The number of nitrogens with zero attached hydrogens (tertiary/aromatic N) is 2. The molecular formula is C19H14ClN3O2S. The number of fused-ring (bicyclic) bond motifs is 3. The second kappa shape index (κ2) is 7.35. The largest absolute Gasteiger partial charge is 0.451 e. The summed E-state index contributed by atoms with van der Waals surface area (Å²) in [5, 5.41) is 5.10. The average Bonchev–Trinajstić information content (AvgIpc) is 3.05. The van der Waals surface area contributed by atoms with Crippen LogP contribution in [0.2, 0.25) is 5.02 Å². The summed E-state index contributed by atoms with van der Waals surface area (Å²) in [6, 6.07) is 15.1. The molecule has 0 fully saturated rings. The van der Waals surface area contributed by atoms with Crippen LogP contribution in [0, 0.1) is 0 Å². The summed E-state index contributed by atoms with van der Waals surface area (Å²) in [7, 11) is 0. The smallest absolute Gasteiger partial charge is 0.230 e.